The lowest BCUT2D eigenvalue weighted by atomic mass is 10.1. The van der Waals surface area contributed by atoms with E-state index in [0.717, 1.165) is 0 Å². The van der Waals surface area contributed by atoms with Crippen molar-refractivity contribution < 1.29 is 19.1 Å². The number of fused-ring (bicyclic) bond motifs is 1. The lowest BCUT2D eigenvalue weighted by Crippen LogP contribution is -2.37. The van der Waals surface area contributed by atoms with Gasteiger partial charge in [0.2, 0.25) is 12.7 Å². The van der Waals surface area contributed by atoms with E-state index in [1.54, 1.807) is 29.8 Å². The number of ether oxygens (including phenoxy) is 2. The highest BCUT2D eigenvalue weighted by molar-refractivity contribution is 7.13. The fourth-order valence-corrected chi connectivity index (χ4v) is 2.70. The van der Waals surface area contributed by atoms with Gasteiger partial charge in [0.25, 0.3) is 5.91 Å². The van der Waals surface area contributed by atoms with Crippen LogP contribution in [0.3, 0.4) is 0 Å². The maximum atomic E-state index is 12.6. The first kappa shape index (κ1) is 15.3. The number of likely N-dealkylation sites (N-methyl/N-ethyl adjacent to an activating group) is 1. The second-order valence-corrected chi connectivity index (χ2v) is 5.67. The largest absolute Gasteiger partial charge is 0.454 e. The molecule has 1 aromatic carbocycles. The fraction of sp³-hybridized carbons (Fsp3) is 0.267. The molecule has 1 aliphatic heterocycles. The van der Waals surface area contributed by atoms with Crippen LogP contribution < -0.4 is 14.8 Å². The average Bonchev–Trinajstić information content (AvgIpc) is 3.22. The van der Waals surface area contributed by atoms with Gasteiger partial charge in [0.15, 0.2) is 16.6 Å². The first-order valence-electron chi connectivity index (χ1n) is 7.05. The molecule has 8 heteroatoms. The van der Waals surface area contributed by atoms with Gasteiger partial charge in [-0.15, -0.1) is 11.3 Å². The van der Waals surface area contributed by atoms with Crippen molar-refractivity contribution in [1.29, 1.82) is 0 Å². The van der Waals surface area contributed by atoms with Crippen LogP contribution in [-0.2, 0) is 4.79 Å². The van der Waals surface area contributed by atoms with E-state index in [0.29, 0.717) is 28.7 Å². The minimum absolute atomic E-state index is 0.0383. The van der Waals surface area contributed by atoms with E-state index in [-0.39, 0.29) is 25.2 Å². The molecule has 2 aromatic rings. The lowest BCUT2D eigenvalue weighted by Gasteiger charge is -2.20. The summed E-state index contributed by atoms with van der Waals surface area (Å²) < 4.78 is 10.5. The highest BCUT2D eigenvalue weighted by atomic mass is 32.1. The van der Waals surface area contributed by atoms with Crippen molar-refractivity contribution in [2.24, 2.45) is 0 Å². The van der Waals surface area contributed by atoms with Crippen molar-refractivity contribution in [3.8, 4) is 11.5 Å². The topological polar surface area (TPSA) is 80.8 Å². The second kappa shape index (κ2) is 6.66. The number of benzene rings is 1. The molecule has 1 aliphatic rings. The molecule has 120 valence electrons. The zero-order valence-electron chi connectivity index (χ0n) is 12.4. The summed E-state index contributed by atoms with van der Waals surface area (Å²) in [5, 5.41) is 4.95. The highest BCUT2D eigenvalue weighted by Crippen LogP contribution is 2.32. The minimum Gasteiger partial charge on any atom is -0.454 e. The third-order valence-corrected chi connectivity index (χ3v) is 3.99. The summed E-state index contributed by atoms with van der Waals surface area (Å²) in [6.07, 6.45) is 1.61. The molecule has 2 heterocycles. The smallest absolute Gasteiger partial charge is 0.254 e. The number of hydrogen-bond donors (Lipinski definition) is 1. The molecule has 23 heavy (non-hydrogen) atoms. The van der Waals surface area contributed by atoms with Crippen molar-refractivity contribution in [3.05, 3.63) is 35.3 Å². The molecule has 0 radical (unpaired) electrons. The molecule has 2 amide bonds. The van der Waals surface area contributed by atoms with Crippen LogP contribution in [0.1, 0.15) is 17.3 Å². The van der Waals surface area contributed by atoms with Crippen LogP contribution in [0.15, 0.2) is 29.8 Å². The number of nitrogens with zero attached hydrogens (tertiary/aromatic N) is 2. The van der Waals surface area contributed by atoms with Gasteiger partial charge in [0.05, 0.1) is 0 Å². The van der Waals surface area contributed by atoms with Gasteiger partial charge < -0.3 is 19.7 Å². The van der Waals surface area contributed by atoms with Crippen molar-refractivity contribution in [2.75, 3.05) is 25.2 Å². The van der Waals surface area contributed by atoms with E-state index >= 15 is 0 Å². The minimum atomic E-state index is -0.282. The van der Waals surface area contributed by atoms with Gasteiger partial charge in [-0.2, -0.15) is 0 Å². The molecule has 0 atom stereocenters. The van der Waals surface area contributed by atoms with Gasteiger partial charge in [-0.25, -0.2) is 4.98 Å². The second-order valence-electron chi connectivity index (χ2n) is 4.77. The number of carbonyl (C=O) groups excluding carboxylic acids is 2. The molecule has 7 nitrogen and oxygen atoms in total. The zero-order valence-corrected chi connectivity index (χ0v) is 13.3. The third-order valence-electron chi connectivity index (χ3n) is 3.30. The molecule has 0 spiro atoms. The predicted octanol–water partition coefficient (Wildman–Crippen LogP) is 1.97. The van der Waals surface area contributed by atoms with Gasteiger partial charge in [0, 0.05) is 23.7 Å². The summed E-state index contributed by atoms with van der Waals surface area (Å²) in [5.41, 5.74) is 0.457. The Kier molecular flexibility index (Phi) is 4.42. The molecular formula is C15H15N3O4S. The summed E-state index contributed by atoms with van der Waals surface area (Å²) in [6.45, 7) is 2.35. The Morgan fingerprint density at radius 1 is 1.35 bits per heavy atom. The highest BCUT2D eigenvalue weighted by Gasteiger charge is 2.21. The first-order chi connectivity index (χ1) is 11.2. The number of rotatable bonds is 5. The van der Waals surface area contributed by atoms with Crippen molar-refractivity contribution in [2.45, 2.75) is 6.92 Å². The van der Waals surface area contributed by atoms with Crippen LogP contribution >= 0.6 is 11.3 Å². The van der Waals surface area contributed by atoms with Gasteiger partial charge in [-0.1, -0.05) is 0 Å². The zero-order chi connectivity index (χ0) is 16.2. The number of hydrogen-bond acceptors (Lipinski definition) is 6. The summed E-state index contributed by atoms with van der Waals surface area (Å²) in [6, 6.07) is 4.99. The van der Waals surface area contributed by atoms with Gasteiger partial charge in [0.1, 0.15) is 6.54 Å². The Morgan fingerprint density at radius 2 is 2.17 bits per heavy atom. The lowest BCUT2D eigenvalue weighted by molar-refractivity contribution is -0.116. The Morgan fingerprint density at radius 3 is 2.91 bits per heavy atom. The standard InChI is InChI=1S/C15H15N3O4S/c1-2-18(8-13(19)17-15-16-5-6-23-15)14(20)10-3-4-11-12(7-10)22-9-21-11/h3-7H,2,8-9H2,1H3,(H,16,17,19). The Labute approximate surface area is 136 Å². The molecule has 0 bridgehead atoms. The van der Waals surface area contributed by atoms with E-state index in [4.69, 9.17) is 9.47 Å². The number of aromatic nitrogens is 1. The maximum Gasteiger partial charge on any atom is 0.254 e. The van der Waals surface area contributed by atoms with Crippen LogP contribution in [0.2, 0.25) is 0 Å². The van der Waals surface area contributed by atoms with Crippen molar-refractivity contribution >= 4 is 28.3 Å². The molecule has 0 unspecified atom stereocenters. The predicted molar refractivity (Wildman–Crippen MR) is 84.9 cm³/mol. The van der Waals surface area contributed by atoms with Crippen LogP contribution in [0.5, 0.6) is 11.5 Å². The summed E-state index contributed by atoms with van der Waals surface area (Å²) in [7, 11) is 0. The fourth-order valence-electron chi connectivity index (χ4n) is 2.16. The molecule has 0 aliphatic carbocycles. The van der Waals surface area contributed by atoms with Crippen molar-refractivity contribution in [1.82, 2.24) is 9.88 Å². The Balaban J connectivity index is 1.67. The number of anilines is 1. The normalized spacial score (nSPS) is 12.0. The first-order valence-corrected chi connectivity index (χ1v) is 7.93. The van der Waals surface area contributed by atoms with Crippen LogP contribution in [-0.4, -0.2) is 41.6 Å². The molecule has 0 fully saturated rings. The SMILES string of the molecule is CCN(CC(=O)Nc1nccs1)C(=O)c1ccc2c(c1)OCO2. The maximum absolute atomic E-state index is 12.6. The quantitative estimate of drug-likeness (QED) is 0.905. The molecule has 1 N–H and O–H groups in total. The van der Waals surface area contributed by atoms with Gasteiger partial charge in [-0.3, -0.25) is 9.59 Å². The molecular weight excluding hydrogens is 318 g/mol. The molecule has 3 rings (SSSR count). The van der Waals surface area contributed by atoms with E-state index < -0.39 is 0 Å². The summed E-state index contributed by atoms with van der Waals surface area (Å²) in [4.78, 5) is 30.0. The number of carbonyl (C=O) groups is 2. The van der Waals surface area contributed by atoms with Crippen molar-refractivity contribution in [3.63, 3.8) is 0 Å². The van der Waals surface area contributed by atoms with Crippen LogP contribution in [0.4, 0.5) is 5.13 Å². The molecule has 0 saturated carbocycles. The van der Waals surface area contributed by atoms with Crippen LogP contribution in [0, 0.1) is 0 Å². The monoisotopic (exact) mass is 333 g/mol. The van der Waals surface area contributed by atoms with E-state index in [2.05, 4.69) is 10.3 Å². The summed E-state index contributed by atoms with van der Waals surface area (Å²) >= 11 is 1.33. The number of nitrogens with one attached hydrogen (secondary N) is 1. The molecule has 1 aromatic heterocycles. The van der Waals surface area contributed by atoms with Crippen LogP contribution in [0.25, 0.3) is 0 Å². The Bertz CT molecular complexity index is 718. The summed E-state index contributed by atoms with van der Waals surface area (Å²) in [5.74, 6) is 0.640. The number of thiazole rings is 1. The van der Waals surface area contributed by atoms with E-state index in [9.17, 15) is 9.59 Å². The van der Waals surface area contributed by atoms with Gasteiger partial charge >= 0.3 is 0 Å². The third kappa shape index (κ3) is 3.42. The molecule has 0 saturated heterocycles. The Hall–Kier alpha value is -2.61. The number of amides is 2. The van der Waals surface area contributed by atoms with E-state index in [1.165, 1.54) is 16.2 Å². The van der Waals surface area contributed by atoms with Gasteiger partial charge in [-0.05, 0) is 25.1 Å². The van der Waals surface area contributed by atoms with E-state index in [1.807, 2.05) is 6.92 Å². The average molecular weight is 333 g/mol.